The summed E-state index contributed by atoms with van der Waals surface area (Å²) in [6.07, 6.45) is 4.47. The van der Waals surface area contributed by atoms with Crippen LogP contribution >= 0.6 is 0 Å². The number of nitrogens with zero attached hydrogens (tertiary/aromatic N) is 4. The molecule has 0 bridgehead atoms. The number of nitrogens with one attached hydrogen (secondary N) is 1. The maximum atomic E-state index is 11.8. The first kappa shape index (κ1) is 19.2. The van der Waals surface area contributed by atoms with Crippen LogP contribution in [-0.2, 0) is 4.79 Å². The second-order valence-corrected chi connectivity index (χ2v) is 4.87. The maximum absolute atomic E-state index is 11.8. The van der Waals surface area contributed by atoms with Crippen molar-refractivity contribution in [3.63, 3.8) is 0 Å². The zero-order chi connectivity index (χ0) is 19.8. The lowest BCUT2D eigenvalue weighted by molar-refractivity contribution is -0.394. The first-order chi connectivity index (χ1) is 12.9. The van der Waals surface area contributed by atoms with E-state index < -0.39 is 39.5 Å². The number of hydrogen-bond donors (Lipinski definition) is 1. The Balaban J connectivity index is 2.09. The highest BCUT2D eigenvalue weighted by Crippen LogP contribution is 2.40. The number of nitro groups is 2. The van der Waals surface area contributed by atoms with Crippen molar-refractivity contribution in [3.8, 4) is 11.5 Å². The standard InChI is InChI=1S/C15H13N5O7/c1-26-13-7-11(19(22)23)6-12(20(24)25)15(13)27-9-14(21)18-17-8-10-2-4-16-5-3-10/h2-8H,9H2,1H3,(H,18,21)/b17-8-. The van der Waals surface area contributed by atoms with E-state index in [1.54, 1.807) is 24.5 Å². The van der Waals surface area contributed by atoms with Gasteiger partial charge in [0.05, 0.1) is 35.3 Å². The molecule has 2 rings (SSSR count). The van der Waals surface area contributed by atoms with E-state index in [1.165, 1.54) is 6.21 Å². The molecule has 0 aliphatic heterocycles. The van der Waals surface area contributed by atoms with Gasteiger partial charge in [0.1, 0.15) is 0 Å². The van der Waals surface area contributed by atoms with Gasteiger partial charge in [-0.15, -0.1) is 0 Å². The van der Waals surface area contributed by atoms with Crippen LogP contribution in [-0.4, -0.2) is 40.7 Å². The normalized spacial score (nSPS) is 10.4. The highest BCUT2D eigenvalue weighted by atomic mass is 16.6. The maximum Gasteiger partial charge on any atom is 0.321 e. The van der Waals surface area contributed by atoms with Crippen molar-refractivity contribution in [3.05, 3.63) is 62.5 Å². The molecule has 1 N–H and O–H groups in total. The number of pyridine rings is 1. The van der Waals surface area contributed by atoms with Crippen LogP contribution in [0.1, 0.15) is 5.56 Å². The Kier molecular flexibility index (Phi) is 6.30. The number of hydrazone groups is 1. The molecule has 0 aliphatic rings. The first-order valence-electron chi connectivity index (χ1n) is 7.28. The summed E-state index contributed by atoms with van der Waals surface area (Å²) in [5.74, 6) is -1.35. The van der Waals surface area contributed by atoms with Gasteiger partial charge in [-0.05, 0) is 17.7 Å². The zero-order valence-electron chi connectivity index (χ0n) is 13.9. The molecule has 0 fully saturated rings. The van der Waals surface area contributed by atoms with Crippen molar-refractivity contribution in [1.29, 1.82) is 0 Å². The third kappa shape index (κ3) is 5.19. The Bertz CT molecular complexity index is 886. The number of aromatic nitrogens is 1. The van der Waals surface area contributed by atoms with Gasteiger partial charge in [-0.2, -0.15) is 5.10 Å². The van der Waals surface area contributed by atoms with Gasteiger partial charge in [-0.1, -0.05) is 0 Å². The summed E-state index contributed by atoms with van der Waals surface area (Å²) < 4.78 is 10.0. The van der Waals surface area contributed by atoms with Gasteiger partial charge >= 0.3 is 5.69 Å². The summed E-state index contributed by atoms with van der Waals surface area (Å²) in [5, 5.41) is 25.7. The molecular weight excluding hydrogens is 362 g/mol. The van der Waals surface area contributed by atoms with Gasteiger partial charge in [0.15, 0.2) is 12.4 Å². The molecule has 1 heterocycles. The summed E-state index contributed by atoms with van der Waals surface area (Å²) in [6, 6.07) is 5.01. The number of benzene rings is 1. The third-order valence-corrected chi connectivity index (χ3v) is 3.10. The minimum Gasteiger partial charge on any atom is -0.492 e. The second-order valence-electron chi connectivity index (χ2n) is 4.87. The third-order valence-electron chi connectivity index (χ3n) is 3.10. The zero-order valence-corrected chi connectivity index (χ0v) is 13.9. The van der Waals surface area contributed by atoms with Crippen LogP contribution in [0.2, 0.25) is 0 Å². The van der Waals surface area contributed by atoms with Crippen LogP contribution < -0.4 is 14.9 Å². The minimum atomic E-state index is -0.871. The number of carbonyl (C=O) groups excluding carboxylic acids is 1. The molecule has 0 saturated heterocycles. The highest BCUT2D eigenvalue weighted by molar-refractivity contribution is 5.82. The molecule has 1 aromatic carbocycles. The van der Waals surface area contributed by atoms with Gasteiger partial charge in [-0.25, -0.2) is 5.43 Å². The molecule has 12 nitrogen and oxygen atoms in total. The average Bonchev–Trinajstić information content (AvgIpc) is 2.66. The Morgan fingerprint density at radius 3 is 2.56 bits per heavy atom. The number of non-ortho nitro benzene ring substituents is 1. The summed E-state index contributed by atoms with van der Waals surface area (Å²) in [4.78, 5) is 36.0. The fraction of sp³-hybridized carbons (Fsp3) is 0.133. The number of amides is 1. The van der Waals surface area contributed by atoms with E-state index in [1.807, 2.05) is 0 Å². The van der Waals surface area contributed by atoms with E-state index in [2.05, 4.69) is 15.5 Å². The monoisotopic (exact) mass is 375 g/mol. The number of carbonyl (C=O) groups is 1. The number of hydrogen-bond acceptors (Lipinski definition) is 9. The molecule has 0 spiro atoms. The quantitative estimate of drug-likeness (QED) is 0.412. The second kappa shape index (κ2) is 8.84. The van der Waals surface area contributed by atoms with Gasteiger partial charge in [-0.3, -0.25) is 30.0 Å². The van der Waals surface area contributed by atoms with Crippen LogP contribution in [0.4, 0.5) is 11.4 Å². The summed E-state index contributed by atoms with van der Waals surface area (Å²) in [6.45, 7) is -0.622. The number of methoxy groups -OCH3 is 1. The average molecular weight is 375 g/mol. The van der Waals surface area contributed by atoms with Crippen LogP contribution in [0.5, 0.6) is 11.5 Å². The number of ether oxygens (including phenoxy) is 2. The first-order valence-corrected chi connectivity index (χ1v) is 7.28. The molecule has 0 aliphatic carbocycles. The SMILES string of the molecule is COc1cc([N+](=O)[O-])cc([N+](=O)[O-])c1OCC(=O)N/N=C\c1ccncc1. The van der Waals surface area contributed by atoms with E-state index in [0.29, 0.717) is 5.56 Å². The summed E-state index contributed by atoms with van der Waals surface area (Å²) in [7, 11) is 1.16. The van der Waals surface area contributed by atoms with E-state index in [-0.39, 0.29) is 5.75 Å². The molecule has 1 amide bonds. The Morgan fingerprint density at radius 1 is 1.26 bits per heavy atom. The molecule has 140 valence electrons. The van der Waals surface area contributed by atoms with Crippen molar-refractivity contribution >= 4 is 23.5 Å². The number of nitro benzene ring substituents is 2. The summed E-state index contributed by atoms with van der Waals surface area (Å²) in [5.41, 5.74) is 1.63. The molecule has 2 aromatic rings. The van der Waals surface area contributed by atoms with Crippen LogP contribution in [0, 0.1) is 20.2 Å². The van der Waals surface area contributed by atoms with Crippen LogP contribution in [0.3, 0.4) is 0 Å². The Labute approximate surface area is 151 Å². The molecule has 0 atom stereocenters. The molecule has 0 saturated carbocycles. The topological polar surface area (TPSA) is 159 Å². The van der Waals surface area contributed by atoms with Crippen molar-refractivity contribution < 1.29 is 24.1 Å². The van der Waals surface area contributed by atoms with Crippen molar-refractivity contribution in [2.45, 2.75) is 0 Å². The smallest absolute Gasteiger partial charge is 0.321 e. The molecule has 1 aromatic heterocycles. The minimum absolute atomic E-state index is 0.246. The van der Waals surface area contributed by atoms with Gasteiger partial charge in [0.25, 0.3) is 11.6 Å². The van der Waals surface area contributed by atoms with Crippen molar-refractivity contribution in [2.75, 3.05) is 13.7 Å². The largest absolute Gasteiger partial charge is 0.492 e. The fourth-order valence-corrected chi connectivity index (χ4v) is 1.91. The number of rotatable bonds is 8. The highest BCUT2D eigenvalue weighted by Gasteiger charge is 2.27. The van der Waals surface area contributed by atoms with Gasteiger partial charge in [0.2, 0.25) is 5.75 Å². The predicted molar refractivity (Wildman–Crippen MR) is 91.8 cm³/mol. The molecule has 0 radical (unpaired) electrons. The molecule has 27 heavy (non-hydrogen) atoms. The fourth-order valence-electron chi connectivity index (χ4n) is 1.91. The molecule has 12 heteroatoms. The predicted octanol–water partition coefficient (Wildman–Crippen LogP) is 1.44. The van der Waals surface area contributed by atoms with E-state index in [0.717, 1.165) is 19.2 Å². The van der Waals surface area contributed by atoms with Crippen LogP contribution in [0.15, 0.2) is 41.8 Å². The van der Waals surface area contributed by atoms with Crippen molar-refractivity contribution in [2.24, 2.45) is 5.10 Å². The van der Waals surface area contributed by atoms with Gasteiger partial charge < -0.3 is 9.47 Å². The Morgan fingerprint density at radius 2 is 1.96 bits per heavy atom. The van der Waals surface area contributed by atoms with E-state index in [9.17, 15) is 25.0 Å². The lowest BCUT2D eigenvalue weighted by Gasteiger charge is -2.10. The summed E-state index contributed by atoms with van der Waals surface area (Å²) >= 11 is 0. The lowest BCUT2D eigenvalue weighted by atomic mass is 10.2. The van der Waals surface area contributed by atoms with Crippen LogP contribution in [0.25, 0.3) is 0 Å². The molecule has 0 unspecified atom stereocenters. The van der Waals surface area contributed by atoms with E-state index >= 15 is 0 Å². The van der Waals surface area contributed by atoms with Gasteiger partial charge in [0, 0.05) is 12.4 Å². The van der Waals surface area contributed by atoms with E-state index in [4.69, 9.17) is 9.47 Å². The molecular formula is C15H13N5O7. The Hall–Kier alpha value is -4.09. The lowest BCUT2D eigenvalue weighted by Crippen LogP contribution is -2.25. The van der Waals surface area contributed by atoms with Crippen molar-refractivity contribution in [1.82, 2.24) is 10.4 Å².